The van der Waals surface area contributed by atoms with E-state index in [-0.39, 0.29) is 12.5 Å². The number of hydrogen-bond donors (Lipinski definition) is 1. The quantitative estimate of drug-likeness (QED) is 0.839. The van der Waals surface area contributed by atoms with E-state index >= 15 is 0 Å². The molecule has 18 heavy (non-hydrogen) atoms. The van der Waals surface area contributed by atoms with E-state index in [0.717, 1.165) is 31.7 Å². The van der Waals surface area contributed by atoms with Crippen LogP contribution in [-0.4, -0.2) is 36.9 Å². The lowest BCUT2D eigenvalue weighted by atomic mass is 10.2. The average molecular weight is 249 g/mol. The Hall–Kier alpha value is -1.55. The molecule has 98 valence electrons. The number of nitrogens with zero attached hydrogens (tertiary/aromatic N) is 1. The lowest BCUT2D eigenvalue weighted by Gasteiger charge is -2.26. The van der Waals surface area contributed by atoms with E-state index in [4.69, 9.17) is 9.84 Å². The van der Waals surface area contributed by atoms with Crippen LogP contribution < -0.4 is 4.90 Å². The summed E-state index contributed by atoms with van der Waals surface area (Å²) in [6.07, 6.45) is 2.56. The molecule has 0 spiro atoms. The summed E-state index contributed by atoms with van der Waals surface area (Å²) < 4.78 is 5.62. The van der Waals surface area contributed by atoms with Crippen LogP contribution in [0.4, 0.5) is 5.69 Å². The van der Waals surface area contributed by atoms with E-state index in [0.29, 0.717) is 6.54 Å². The van der Waals surface area contributed by atoms with Crippen molar-refractivity contribution < 1.29 is 14.6 Å². The van der Waals surface area contributed by atoms with Gasteiger partial charge in [0.15, 0.2) is 0 Å². The van der Waals surface area contributed by atoms with Crippen LogP contribution in [0.15, 0.2) is 30.3 Å². The Morgan fingerprint density at radius 2 is 2.17 bits per heavy atom. The Kier molecular flexibility index (Phi) is 4.59. The van der Waals surface area contributed by atoms with E-state index in [1.54, 1.807) is 0 Å². The van der Waals surface area contributed by atoms with Gasteiger partial charge in [0.1, 0.15) is 0 Å². The number of rotatable bonds is 6. The molecule has 1 unspecified atom stereocenters. The minimum atomic E-state index is -0.761. The molecular weight excluding hydrogens is 230 g/mol. The number of carboxylic acids is 1. The van der Waals surface area contributed by atoms with Gasteiger partial charge in [0.05, 0.1) is 12.5 Å². The first kappa shape index (κ1) is 12.9. The first-order valence-electron chi connectivity index (χ1n) is 6.39. The van der Waals surface area contributed by atoms with Gasteiger partial charge in [0, 0.05) is 25.4 Å². The van der Waals surface area contributed by atoms with Crippen molar-refractivity contribution in [3.63, 3.8) is 0 Å². The molecule has 1 fully saturated rings. The molecular formula is C14H19NO3. The van der Waals surface area contributed by atoms with Crippen molar-refractivity contribution in [1.29, 1.82) is 0 Å². The number of hydrogen-bond acceptors (Lipinski definition) is 3. The second-order valence-electron chi connectivity index (χ2n) is 4.56. The monoisotopic (exact) mass is 249 g/mol. The lowest BCUT2D eigenvalue weighted by molar-refractivity contribution is -0.136. The van der Waals surface area contributed by atoms with E-state index < -0.39 is 5.97 Å². The van der Waals surface area contributed by atoms with E-state index in [1.807, 2.05) is 30.3 Å². The van der Waals surface area contributed by atoms with Gasteiger partial charge in [-0.05, 0) is 25.0 Å². The molecule has 1 atom stereocenters. The van der Waals surface area contributed by atoms with Gasteiger partial charge in [0.25, 0.3) is 0 Å². The highest BCUT2D eigenvalue weighted by molar-refractivity contribution is 5.67. The lowest BCUT2D eigenvalue weighted by Crippen LogP contribution is -2.33. The summed E-state index contributed by atoms with van der Waals surface area (Å²) in [6, 6.07) is 9.93. The zero-order valence-electron chi connectivity index (χ0n) is 10.4. The van der Waals surface area contributed by atoms with Crippen LogP contribution in [0.25, 0.3) is 0 Å². The van der Waals surface area contributed by atoms with Gasteiger partial charge in [0.2, 0.25) is 0 Å². The van der Waals surface area contributed by atoms with Crippen LogP contribution in [0.1, 0.15) is 19.3 Å². The maximum atomic E-state index is 10.7. The summed E-state index contributed by atoms with van der Waals surface area (Å²) in [5.74, 6) is -0.761. The minimum Gasteiger partial charge on any atom is -0.481 e. The second-order valence-corrected chi connectivity index (χ2v) is 4.56. The minimum absolute atomic E-state index is 0.154. The van der Waals surface area contributed by atoms with Crippen molar-refractivity contribution in [1.82, 2.24) is 0 Å². The first-order valence-corrected chi connectivity index (χ1v) is 6.39. The number of carboxylic acid groups (broad SMARTS) is 1. The average Bonchev–Trinajstić information content (AvgIpc) is 2.88. The highest BCUT2D eigenvalue weighted by Gasteiger charge is 2.19. The topological polar surface area (TPSA) is 49.8 Å². The van der Waals surface area contributed by atoms with Crippen LogP contribution in [0.5, 0.6) is 0 Å². The summed E-state index contributed by atoms with van der Waals surface area (Å²) in [4.78, 5) is 12.8. The molecule has 0 bridgehead atoms. The SMILES string of the molecule is O=C(O)CCN(CC1CCCO1)c1ccccc1. The second kappa shape index (κ2) is 6.40. The zero-order chi connectivity index (χ0) is 12.8. The predicted molar refractivity (Wildman–Crippen MR) is 69.9 cm³/mol. The van der Waals surface area contributed by atoms with Gasteiger partial charge in [-0.1, -0.05) is 18.2 Å². The van der Waals surface area contributed by atoms with Crippen LogP contribution in [0.2, 0.25) is 0 Å². The normalized spacial score (nSPS) is 18.8. The number of carbonyl (C=O) groups is 1. The molecule has 4 heteroatoms. The fraction of sp³-hybridized carbons (Fsp3) is 0.500. The Balaban J connectivity index is 1.99. The standard InChI is InChI=1S/C14H19NO3/c16-14(17)8-9-15(11-13-7-4-10-18-13)12-5-2-1-3-6-12/h1-3,5-6,13H,4,7-11H2,(H,16,17). The van der Waals surface area contributed by atoms with Crippen molar-refractivity contribution in [2.24, 2.45) is 0 Å². The molecule has 1 saturated heterocycles. The molecule has 1 aromatic carbocycles. The summed E-state index contributed by atoms with van der Waals surface area (Å²) >= 11 is 0. The molecule has 1 aliphatic rings. The van der Waals surface area contributed by atoms with Gasteiger partial charge in [-0.3, -0.25) is 4.79 Å². The highest BCUT2D eigenvalue weighted by Crippen LogP contribution is 2.19. The molecule has 1 N–H and O–H groups in total. The third-order valence-corrected chi connectivity index (χ3v) is 3.16. The summed E-state index contributed by atoms with van der Waals surface area (Å²) in [5.41, 5.74) is 1.06. The Morgan fingerprint density at radius 1 is 1.39 bits per heavy atom. The maximum Gasteiger partial charge on any atom is 0.305 e. The smallest absolute Gasteiger partial charge is 0.305 e. The van der Waals surface area contributed by atoms with Gasteiger partial charge < -0.3 is 14.7 Å². The Labute approximate surface area is 107 Å². The van der Waals surface area contributed by atoms with Crippen molar-refractivity contribution in [2.45, 2.75) is 25.4 Å². The predicted octanol–water partition coefficient (Wildman–Crippen LogP) is 2.15. The van der Waals surface area contributed by atoms with Crippen LogP contribution in [0, 0.1) is 0 Å². The molecule has 4 nitrogen and oxygen atoms in total. The molecule has 0 saturated carbocycles. The molecule has 0 amide bonds. The molecule has 1 heterocycles. The molecule has 1 aromatic rings. The zero-order valence-corrected chi connectivity index (χ0v) is 10.4. The number of para-hydroxylation sites is 1. The first-order chi connectivity index (χ1) is 8.75. The van der Waals surface area contributed by atoms with Crippen molar-refractivity contribution in [2.75, 3.05) is 24.6 Å². The molecule has 0 radical (unpaired) electrons. The number of benzene rings is 1. The molecule has 2 rings (SSSR count). The van der Waals surface area contributed by atoms with Crippen molar-refractivity contribution in [3.8, 4) is 0 Å². The van der Waals surface area contributed by atoms with E-state index in [1.165, 1.54) is 0 Å². The van der Waals surface area contributed by atoms with Crippen LogP contribution in [-0.2, 0) is 9.53 Å². The van der Waals surface area contributed by atoms with Gasteiger partial charge >= 0.3 is 5.97 Å². The van der Waals surface area contributed by atoms with Gasteiger partial charge in [-0.2, -0.15) is 0 Å². The summed E-state index contributed by atoms with van der Waals surface area (Å²) in [7, 11) is 0. The highest BCUT2D eigenvalue weighted by atomic mass is 16.5. The largest absolute Gasteiger partial charge is 0.481 e. The van der Waals surface area contributed by atoms with Crippen molar-refractivity contribution in [3.05, 3.63) is 30.3 Å². The fourth-order valence-electron chi connectivity index (χ4n) is 2.23. The van der Waals surface area contributed by atoms with E-state index in [2.05, 4.69) is 4.90 Å². The Morgan fingerprint density at radius 3 is 2.78 bits per heavy atom. The molecule has 0 aromatic heterocycles. The van der Waals surface area contributed by atoms with Crippen molar-refractivity contribution >= 4 is 11.7 Å². The fourth-order valence-corrected chi connectivity index (χ4v) is 2.23. The Bertz CT molecular complexity index is 374. The van der Waals surface area contributed by atoms with E-state index in [9.17, 15) is 4.79 Å². The third-order valence-electron chi connectivity index (χ3n) is 3.16. The van der Waals surface area contributed by atoms with Gasteiger partial charge in [-0.15, -0.1) is 0 Å². The molecule has 0 aliphatic carbocycles. The summed E-state index contributed by atoms with van der Waals surface area (Å²) in [6.45, 7) is 2.13. The van der Waals surface area contributed by atoms with Crippen LogP contribution in [0.3, 0.4) is 0 Å². The molecule has 1 aliphatic heterocycles. The number of aliphatic carboxylic acids is 1. The van der Waals surface area contributed by atoms with Gasteiger partial charge in [-0.25, -0.2) is 0 Å². The maximum absolute atomic E-state index is 10.7. The number of anilines is 1. The third kappa shape index (κ3) is 3.74. The van der Waals surface area contributed by atoms with Crippen LogP contribution >= 0.6 is 0 Å². The summed E-state index contributed by atoms with van der Waals surface area (Å²) in [5, 5.41) is 8.81. The number of ether oxygens (including phenoxy) is 1.